The number of carbonyl (C=O) groups excluding carboxylic acids is 2. The van der Waals surface area contributed by atoms with Gasteiger partial charge in [-0.25, -0.2) is 0 Å². The van der Waals surface area contributed by atoms with Gasteiger partial charge in [0.05, 0.1) is 17.0 Å². The van der Waals surface area contributed by atoms with E-state index in [2.05, 4.69) is 33.5 Å². The van der Waals surface area contributed by atoms with E-state index in [0.717, 1.165) is 61.2 Å². The molecule has 7 nitrogen and oxygen atoms in total. The second-order valence-corrected chi connectivity index (χ2v) is 9.37. The fraction of sp³-hybridized carbons (Fsp3) is 0.542. The van der Waals surface area contributed by atoms with Crippen molar-refractivity contribution in [1.82, 2.24) is 20.5 Å². The summed E-state index contributed by atoms with van der Waals surface area (Å²) in [6.07, 6.45) is 4.23. The lowest BCUT2D eigenvalue weighted by Gasteiger charge is -2.49. The number of likely N-dealkylation sites (tertiary alicyclic amines) is 1. The maximum Gasteiger partial charge on any atom is 0.234 e. The number of benzene rings is 1. The average Bonchev–Trinajstić information content (AvgIpc) is 3.20. The number of imide groups is 1. The SMILES string of the molecule is CCN1CCC2(CNCCC2(O)c2ccc3ncc(C4CCC(=O)NC4=O)cc3c2)C1. The number of nitrogens with one attached hydrogen (secondary N) is 2. The van der Waals surface area contributed by atoms with Crippen LogP contribution in [0.15, 0.2) is 30.5 Å². The molecule has 4 heterocycles. The number of carbonyl (C=O) groups is 2. The average molecular weight is 423 g/mol. The summed E-state index contributed by atoms with van der Waals surface area (Å²) in [7, 11) is 0. The topological polar surface area (TPSA) is 94.6 Å². The number of hydrogen-bond acceptors (Lipinski definition) is 6. The summed E-state index contributed by atoms with van der Waals surface area (Å²) in [4.78, 5) is 30.8. The van der Waals surface area contributed by atoms with Crippen LogP contribution in [0.3, 0.4) is 0 Å². The number of piperidine rings is 2. The Hall–Kier alpha value is -2.35. The van der Waals surface area contributed by atoms with Crippen LogP contribution in [0.1, 0.15) is 49.7 Å². The van der Waals surface area contributed by atoms with Gasteiger partial charge in [-0.05, 0) is 68.2 Å². The van der Waals surface area contributed by atoms with Gasteiger partial charge >= 0.3 is 0 Å². The molecular formula is C24H30N4O3. The van der Waals surface area contributed by atoms with Crippen LogP contribution in [0, 0.1) is 5.41 Å². The number of amides is 2. The van der Waals surface area contributed by atoms with Crippen molar-refractivity contribution in [1.29, 1.82) is 0 Å². The van der Waals surface area contributed by atoms with Crippen molar-refractivity contribution in [3.63, 3.8) is 0 Å². The van der Waals surface area contributed by atoms with Gasteiger partial charge in [0.25, 0.3) is 0 Å². The number of aromatic nitrogens is 1. The van der Waals surface area contributed by atoms with Gasteiger partial charge in [-0.2, -0.15) is 0 Å². The van der Waals surface area contributed by atoms with E-state index in [1.807, 2.05) is 18.2 Å². The van der Waals surface area contributed by atoms with Crippen LogP contribution >= 0.6 is 0 Å². The molecule has 1 aromatic carbocycles. The molecule has 31 heavy (non-hydrogen) atoms. The van der Waals surface area contributed by atoms with Crippen molar-refractivity contribution in [3.05, 3.63) is 41.6 Å². The molecule has 0 aliphatic carbocycles. The first kappa shape index (κ1) is 20.5. The van der Waals surface area contributed by atoms with Crippen LogP contribution in [-0.2, 0) is 15.2 Å². The summed E-state index contributed by atoms with van der Waals surface area (Å²) >= 11 is 0. The minimum Gasteiger partial charge on any atom is -0.384 e. The minimum atomic E-state index is -0.902. The number of rotatable bonds is 3. The second-order valence-electron chi connectivity index (χ2n) is 9.37. The highest BCUT2D eigenvalue weighted by Crippen LogP contribution is 2.50. The summed E-state index contributed by atoms with van der Waals surface area (Å²) in [6, 6.07) is 8.04. The first-order chi connectivity index (χ1) is 14.9. The molecule has 7 heteroatoms. The Bertz CT molecular complexity index is 1040. The molecule has 5 rings (SSSR count). The number of pyridine rings is 1. The number of fused-ring (bicyclic) bond motifs is 1. The molecule has 3 saturated heterocycles. The van der Waals surface area contributed by atoms with E-state index in [0.29, 0.717) is 19.3 Å². The Labute approximate surface area is 182 Å². The first-order valence-electron chi connectivity index (χ1n) is 11.3. The summed E-state index contributed by atoms with van der Waals surface area (Å²) in [5, 5.41) is 18.9. The summed E-state index contributed by atoms with van der Waals surface area (Å²) in [5.74, 6) is -0.831. The highest BCUT2D eigenvalue weighted by molar-refractivity contribution is 6.01. The molecule has 0 bridgehead atoms. The predicted molar refractivity (Wildman–Crippen MR) is 117 cm³/mol. The number of hydrogen-bond donors (Lipinski definition) is 3. The molecule has 1 spiro atoms. The van der Waals surface area contributed by atoms with E-state index in [4.69, 9.17) is 0 Å². The van der Waals surface area contributed by atoms with Crippen molar-refractivity contribution in [2.75, 3.05) is 32.7 Å². The maximum atomic E-state index is 12.3. The smallest absolute Gasteiger partial charge is 0.234 e. The molecule has 3 atom stereocenters. The molecule has 2 aromatic rings. The zero-order valence-corrected chi connectivity index (χ0v) is 18.0. The lowest BCUT2D eigenvalue weighted by Crippen LogP contribution is -2.58. The third-order valence-electron chi connectivity index (χ3n) is 7.71. The molecule has 3 unspecified atom stereocenters. The molecule has 3 fully saturated rings. The van der Waals surface area contributed by atoms with Gasteiger partial charge in [-0.1, -0.05) is 13.0 Å². The second kappa shape index (κ2) is 7.65. The van der Waals surface area contributed by atoms with Gasteiger partial charge in [0.15, 0.2) is 0 Å². The highest BCUT2D eigenvalue weighted by Gasteiger charge is 2.55. The molecule has 164 valence electrons. The highest BCUT2D eigenvalue weighted by atomic mass is 16.3. The van der Waals surface area contributed by atoms with Gasteiger partial charge in [-0.3, -0.25) is 19.9 Å². The zero-order chi connectivity index (χ0) is 21.6. The van der Waals surface area contributed by atoms with Gasteiger partial charge in [0.2, 0.25) is 11.8 Å². The molecule has 1 aromatic heterocycles. The largest absolute Gasteiger partial charge is 0.384 e. The summed E-state index contributed by atoms with van der Waals surface area (Å²) in [6.45, 7) is 6.67. The standard InChI is InChI=1S/C24H30N4O3/c1-2-28-10-8-23(15-28)14-25-9-7-24(23,31)18-3-5-20-16(12-18)11-17(13-26-20)19-4-6-21(29)27-22(19)30/h3,5,11-13,19,25,31H,2,4,6-10,14-15H2,1H3,(H,27,29,30). The van der Waals surface area contributed by atoms with Crippen LogP contribution in [0.4, 0.5) is 0 Å². The van der Waals surface area contributed by atoms with Crippen molar-refractivity contribution < 1.29 is 14.7 Å². The molecule has 0 saturated carbocycles. The quantitative estimate of drug-likeness (QED) is 0.651. The molecule has 3 N–H and O–H groups in total. The van der Waals surface area contributed by atoms with E-state index in [-0.39, 0.29) is 23.1 Å². The number of aliphatic hydroxyl groups is 1. The van der Waals surface area contributed by atoms with E-state index in [1.54, 1.807) is 6.20 Å². The van der Waals surface area contributed by atoms with Crippen molar-refractivity contribution >= 4 is 22.7 Å². The third-order valence-corrected chi connectivity index (χ3v) is 7.71. The Morgan fingerprint density at radius 1 is 1.26 bits per heavy atom. The van der Waals surface area contributed by atoms with Crippen molar-refractivity contribution in [2.24, 2.45) is 5.41 Å². The number of nitrogens with zero attached hydrogens (tertiary/aromatic N) is 2. The molecular weight excluding hydrogens is 392 g/mol. The predicted octanol–water partition coefficient (Wildman–Crippen LogP) is 1.65. The maximum absolute atomic E-state index is 12.3. The monoisotopic (exact) mass is 422 g/mol. The van der Waals surface area contributed by atoms with Crippen LogP contribution < -0.4 is 10.6 Å². The minimum absolute atomic E-state index is 0.205. The van der Waals surface area contributed by atoms with Crippen molar-refractivity contribution in [3.8, 4) is 0 Å². The molecule has 3 aliphatic heterocycles. The van der Waals surface area contributed by atoms with Gasteiger partial charge in [0, 0.05) is 36.5 Å². The van der Waals surface area contributed by atoms with E-state index in [9.17, 15) is 14.7 Å². The normalized spacial score (nSPS) is 32.0. The first-order valence-corrected chi connectivity index (χ1v) is 11.3. The molecule has 0 radical (unpaired) electrons. The molecule has 2 amide bonds. The lowest BCUT2D eigenvalue weighted by molar-refractivity contribution is -0.134. The lowest BCUT2D eigenvalue weighted by atomic mass is 9.64. The summed E-state index contributed by atoms with van der Waals surface area (Å²) in [5.41, 5.74) is 1.49. The van der Waals surface area contributed by atoms with E-state index in [1.165, 1.54) is 0 Å². The zero-order valence-electron chi connectivity index (χ0n) is 18.0. The third kappa shape index (κ3) is 3.35. The van der Waals surface area contributed by atoms with Crippen LogP contribution in [0.25, 0.3) is 10.9 Å². The van der Waals surface area contributed by atoms with Gasteiger partial charge < -0.3 is 15.3 Å². The fourth-order valence-corrected chi connectivity index (χ4v) is 5.78. The fourth-order valence-electron chi connectivity index (χ4n) is 5.78. The Kier molecular flexibility index (Phi) is 5.07. The van der Waals surface area contributed by atoms with Crippen LogP contribution in [-0.4, -0.2) is 59.5 Å². The Morgan fingerprint density at radius 3 is 2.90 bits per heavy atom. The van der Waals surface area contributed by atoms with Crippen LogP contribution in [0.2, 0.25) is 0 Å². The van der Waals surface area contributed by atoms with Crippen molar-refractivity contribution in [2.45, 2.75) is 44.1 Å². The van der Waals surface area contributed by atoms with Crippen LogP contribution in [0.5, 0.6) is 0 Å². The van der Waals surface area contributed by atoms with E-state index < -0.39 is 5.60 Å². The van der Waals surface area contributed by atoms with Gasteiger partial charge in [0.1, 0.15) is 0 Å². The Morgan fingerprint density at radius 2 is 2.13 bits per heavy atom. The summed E-state index contributed by atoms with van der Waals surface area (Å²) < 4.78 is 0. The van der Waals surface area contributed by atoms with E-state index >= 15 is 0 Å². The van der Waals surface area contributed by atoms with Gasteiger partial charge in [-0.15, -0.1) is 0 Å². The Balaban J connectivity index is 1.52. The molecule has 3 aliphatic rings.